The number of amides is 1. The van der Waals surface area contributed by atoms with Crippen LogP contribution in [0.1, 0.15) is 43.9 Å². The van der Waals surface area contributed by atoms with Crippen molar-refractivity contribution >= 4 is 26.6 Å². The van der Waals surface area contributed by atoms with Crippen molar-refractivity contribution in [2.75, 3.05) is 5.75 Å². The number of hydrogen-bond donors (Lipinski definition) is 2. The van der Waals surface area contributed by atoms with Gasteiger partial charge >= 0.3 is 6.18 Å². The van der Waals surface area contributed by atoms with Gasteiger partial charge in [0.1, 0.15) is 22.8 Å². The first-order valence-corrected chi connectivity index (χ1v) is 12.6. The molecule has 2 N–H and O–H groups in total. The van der Waals surface area contributed by atoms with Gasteiger partial charge in [-0.25, -0.2) is 18.9 Å². The van der Waals surface area contributed by atoms with Crippen molar-refractivity contribution < 1.29 is 37.8 Å². The molecule has 1 fully saturated rings. The van der Waals surface area contributed by atoms with Crippen LogP contribution in [0.4, 0.5) is 13.2 Å². The quantitative estimate of drug-likeness (QED) is 0.365. The molecule has 0 bridgehead atoms. The molecule has 2 aromatic carbocycles. The topological polar surface area (TPSA) is 106 Å². The molecule has 0 aliphatic carbocycles. The third-order valence-electron chi connectivity index (χ3n) is 6.28. The highest BCUT2D eigenvalue weighted by atomic mass is 32.2. The number of sulfone groups is 1. The first kappa shape index (κ1) is 24.9. The largest absolute Gasteiger partial charge is 0.489 e. The van der Waals surface area contributed by atoms with Gasteiger partial charge in [-0.2, -0.15) is 13.2 Å². The number of rotatable bonds is 6. The molecule has 1 aliphatic heterocycles. The van der Waals surface area contributed by atoms with Gasteiger partial charge in [-0.3, -0.25) is 10.0 Å². The second kappa shape index (κ2) is 9.46. The molecule has 1 saturated heterocycles. The molecule has 1 amide bonds. The van der Waals surface area contributed by atoms with E-state index in [4.69, 9.17) is 9.94 Å². The minimum Gasteiger partial charge on any atom is -0.489 e. The number of carbonyl (C=O) groups excluding carboxylic acids is 1. The predicted octanol–water partition coefficient (Wildman–Crippen LogP) is 4.77. The van der Waals surface area contributed by atoms with Crippen LogP contribution in [-0.2, 0) is 32.2 Å². The second-order valence-corrected chi connectivity index (χ2v) is 10.9. The van der Waals surface area contributed by atoms with E-state index in [1.165, 1.54) is 35.8 Å². The van der Waals surface area contributed by atoms with Gasteiger partial charge in [0.25, 0.3) is 0 Å². The molecule has 4 rings (SSSR count). The zero-order valence-electron chi connectivity index (χ0n) is 18.5. The molecule has 2 heterocycles. The third kappa shape index (κ3) is 4.96. The Morgan fingerprint density at radius 3 is 2.51 bits per heavy atom. The van der Waals surface area contributed by atoms with Crippen molar-refractivity contribution in [1.29, 1.82) is 0 Å². The lowest BCUT2D eigenvalue weighted by Gasteiger charge is -2.36. The minimum atomic E-state index is -4.61. The first-order chi connectivity index (χ1) is 16.6. The van der Waals surface area contributed by atoms with E-state index in [0.29, 0.717) is 35.1 Å². The van der Waals surface area contributed by atoms with Crippen LogP contribution in [-0.4, -0.2) is 30.3 Å². The van der Waals surface area contributed by atoms with Crippen LogP contribution in [0.25, 0.3) is 10.9 Å². The van der Waals surface area contributed by atoms with E-state index < -0.39 is 38.8 Å². The van der Waals surface area contributed by atoms with E-state index in [0.717, 1.165) is 6.07 Å². The van der Waals surface area contributed by atoms with E-state index >= 15 is 0 Å². The highest BCUT2D eigenvalue weighted by molar-refractivity contribution is 7.92. The van der Waals surface area contributed by atoms with Gasteiger partial charge in [-0.1, -0.05) is 36.8 Å². The fourth-order valence-electron chi connectivity index (χ4n) is 4.50. The maximum absolute atomic E-state index is 13.3. The molecule has 11 heteroatoms. The third-order valence-corrected chi connectivity index (χ3v) is 8.88. The molecule has 7 nitrogen and oxygen atoms in total. The molecule has 188 valence electrons. The Hall–Kier alpha value is -3.18. The molecule has 1 atom stereocenters. The van der Waals surface area contributed by atoms with Crippen molar-refractivity contribution in [3.63, 3.8) is 0 Å². The number of carbonyl (C=O) groups is 1. The summed E-state index contributed by atoms with van der Waals surface area (Å²) in [4.78, 5) is 15.6. The second-order valence-electron chi connectivity index (χ2n) is 8.48. The summed E-state index contributed by atoms with van der Waals surface area (Å²) in [5.41, 5.74) is 1.39. The average molecular weight is 512 g/mol. The van der Waals surface area contributed by atoms with Gasteiger partial charge in [0.05, 0.1) is 17.7 Å². The van der Waals surface area contributed by atoms with Crippen LogP contribution in [0.2, 0.25) is 0 Å². The fourth-order valence-corrected chi connectivity index (χ4v) is 6.78. The number of pyridine rings is 1. The number of hydrogen-bond acceptors (Lipinski definition) is 6. The molecule has 1 unspecified atom stereocenters. The number of alkyl halides is 3. The molecule has 0 spiro atoms. The summed E-state index contributed by atoms with van der Waals surface area (Å²) in [6, 6.07) is 13.5. The standard InChI is InChI=1S/C24H23F3N2O5S.H2/c25-24(26,27)21-13-16(19-5-1-2-6-20(19)28-21)15-34-18-9-7-17(8-10-18)23(14-22(30)29-31)11-3-4-12-35(23,32)33;/h1-2,5-10,13,31H,3-4,11-12,14-15H2,(H,29,30);1H/i;1+1. The average Bonchev–Trinajstić information content (AvgIpc) is 2.83. The van der Waals surface area contributed by atoms with Gasteiger partial charge in [0, 0.05) is 12.4 Å². The van der Waals surface area contributed by atoms with Crippen molar-refractivity contribution in [3.8, 4) is 5.75 Å². The van der Waals surface area contributed by atoms with Gasteiger partial charge in [0.2, 0.25) is 5.91 Å². The zero-order chi connectivity index (χ0) is 25.3. The molecular formula is C24H25F3N2O5S. The molecule has 1 aromatic heterocycles. The summed E-state index contributed by atoms with van der Waals surface area (Å²) in [6.45, 7) is -0.165. The Bertz CT molecular complexity index is 1350. The number of halogens is 3. The van der Waals surface area contributed by atoms with Crippen LogP contribution < -0.4 is 10.2 Å². The fraction of sp³-hybridized carbons (Fsp3) is 0.333. The summed E-state index contributed by atoms with van der Waals surface area (Å²) >= 11 is 0. The van der Waals surface area contributed by atoms with Gasteiger partial charge in [-0.05, 0) is 42.7 Å². The zero-order valence-corrected chi connectivity index (χ0v) is 19.3. The predicted molar refractivity (Wildman–Crippen MR) is 123 cm³/mol. The first-order valence-electron chi connectivity index (χ1n) is 10.9. The monoisotopic (exact) mass is 511 g/mol. The smallest absolute Gasteiger partial charge is 0.433 e. The van der Waals surface area contributed by atoms with E-state index in [-0.39, 0.29) is 25.7 Å². The Morgan fingerprint density at radius 2 is 1.86 bits per heavy atom. The summed E-state index contributed by atoms with van der Waals surface area (Å²) < 4.78 is 70.2. The molecule has 35 heavy (non-hydrogen) atoms. The van der Waals surface area contributed by atoms with E-state index in [1.54, 1.807) is 18.2 Å². The van der Waals surface area contributed by atoms with Crippen LogP contribution in [0.5, 0.6) is 5.75 Å². The Morgan fingerprint density at radius 1 is 1.14 bits per heavy atom. The lowest BCUT2D eigenvalue weighted by atomic mass is 9.88. The van der Waals surface area contributed by atoms with E-state index in [2.05, 4.69) is 4.98 Å². The molecule has 0 radical (unpaired) electrons. The number of nitrogens with one attached hydrogen (secondary N) is 1. The number of para-hydroxylation sites is 1. The maximum atomic E-state index is 13.3. The van der Waals surface area contributed by atoms with Crippen LogP contribution >= 0.6 is 0 Å². The number of hydroxylamine groups is 1. The number of benzene rings is 2. The van der Waals surface area contributed by atoms with Crippen LogP contribution in [0, 0.1) is 0 Å². The number of aromatic nitrogens is 1. The van der Waals surface area contributed by atoms with Gasteiger partial charge in [-0.15, -0.1) is 0 Å². The molecule has 1 aliphatic rings. The van der Waals surface area contributed by atoms with Crippen molar-refractivity contribution in [1.82, 2.24) is 10.5 Å². The Labute approximate surface area is 201 Å². The summed E-state index contributed by atoms with van der Waals surface area (Å²) in [6.07, 6.45) is -3.71. The van der Waals surface area contributed by atoms with Crippen molar-refractivity contribution in [3.05, 3.63) is 71.4 Å². The lowest BCUT2D eigenvalue weighted by molar-refractivity contribution is -0.141. The van der Waals surface area contributed by atoms with Gasteiger partial charge < -0.3 is 4.74 Å². The summed E-state index contributed by atoms with van der Waals surface area (Å²) in [5, 5.41) is 9.50. The summed E-state index contributed by atoms with van der Waals surface area (Å²) in [5.74, 6) is -0.556. The van der Waals surface area contributed by atoms with Gasteiger partial charge in [0.15, 0.2) is 9.84 Å². The Kier molecular flexibility index (Phi) is 6.74. The van der Waals surface area contributed by atoms with E-state index in [1.807, 2.05) is 0 Å². The number of ether oxygens (including phenoxy) is 1. The normalized spacial score (nSPS) is 19.9. The van der Waals surface area contributed by atoms with Crippen LogP contribution in [0.3, 0.4) is 0 Å². The Balaban J connectivity index is 0.00000361. The SMILES string of the molecule is O=C(CC1(c2ccc(OCc3cc(C(F)(F)F)nc4ccccc34)cc2)CCCCS1(=O)=O)NO.[2HH]. The molecule has 3 aromatic rings. The lowest BCUT2D eigenvalue weighted by Crippen LogP contribution is -2.44. The highest BCUT2D eigenvalue weighted by Gasteiger charge is 2.48. The van der Waals surface area contributed by atoms with Crippen molar-refractivity contribution in [2.24, 2.45) is 0 Å². The maximum Gasteiger partial charge on any atom is 0.433 e. The van der Waals surface area contributed by atoms with Crippen molar-refractivity contribution in [2.45, 2.75) is 43.2 Å². The number of nitrogens with zero attached hydrogens (tertiary/aromatic N) is 1. The molecule has 0 saturated carbocycles. The summed E-state index contributed by atoms with van der Waals surface area (Å²) in [7, 11) is -3.68. The number of fused-ring (bicyclic) bond motifs is 1. The molecular weight excluding hydrogens is 485 g/mol. The van der Waals surface area contributed by atoms with Crippen LogP contribution in [0.15, 0.2) is 54.6 Å². The highest BCUT2D eigenvalue weighted by Crippen LogP contribution is 2.43. The van der Waals surface area contributed by atoms with E-state index in [9.17, 15) is 26.4 Å². The minimum absolute atomic E-state index is 0.